The number of para-hydroxylation sites is 1. The highest BCUT2D eigenvalue weighted by molar-refractivity contribution is 6.18. The number of esters is 1. The molecule has 1 aromatic carbocycles. The fraction of sp³-hybridized carbons (Fsp3) is 0.333. The van der Waals surface area contributed by atoms with Crippen LogP contribution < -0.4 is 4.74 Å². The minimum absolute atomic E-state index is 0.224. The van der Waals surface area contributed by atoms with Crippen molar-refractivity contribution in [2.45, 2.75) is 19.4 Å². The van der Waals surface area contributed by atoms with Crippen LogP contribution in [0.2, 0.25) is 0 Å². The molecule has 0 aliphatic carbocycles. The average molecular weight is 220 g/mol. The monoisotopic (exact) mass is 220 g/mol. The minimum Gasteiger partial charge on any atom is -0.467 e. The molecule has 0 spiro atoms. The zero-order chi connectivity index (χ0) is 11.8. The van der Waals surface area contributed by atoms with Crippen molar-refractivity contribution in [3.8, 4) is 5.75 Å². The molecule has 4 nitrogen and oxygen atoms in total. The molecule has 0 saturated heterocycles. The number of Topliss-reactive ketones (excluding diaryl/α,β-unsaturated/α-hetero) is 1. The molecule has 1 heterocycles. The number of carbonyl (C=O) groups excluding carboxylic acids is 2. The van der Waals surface area contributed by atoms with E-state index in [2.05, 4.69) is 0 Å². The zero-order valence-corrected chi connectivity index (χ0v) is 9.15. The summed E-state index contributed by atoms with van der Waals surface area (Å²) in [6.07, 6.45) is 0. The standard InChI is InChI=1S/C12H12O4/c1-3-15-11(14)12(2)10(13)8-6-4-5-7-9(8)16-12/h4-7H,3H2,1-2H3. The maximum absolute atomic E-state index is 12.0. The van der Waals surface area contributed by atoms with Crippen molar-refractivity contribution in [2.75, 3.05) is 6.61 Å². The first-order chi connectivity index (χ1) is 7.59. The number of ether oxygens (including phenoxy) is 2. The molecule has 84 valence electrons. The highest BCUT2D eigenvalue weighted by atomic mass is 16.6. The second-order valence-corrected chi connectivity index (χ2v) is 3.68. The van der Waals surface area contributed by atoms with E-state index in [1.165, 1.54) is 6.92 Å². The molecule has 1 aliphatic heterocycles. The first-order valence-corrected chi connectivity index (χ1v) is 5.09. The fourth-order valence-corrected chi connectivity index (χ4v) is 1.67. The number of fused-ring (bicyclic) bond motifs is 1. The summed E-state index contributed by atoms with van der Waals surface area (Å²) in [4.78, 5) is 23.7. The van der Waals surface area contributed by atoms with Crippen molar-refractivity contribution in [3.63, 3.8) is 0 Å². The van der Waals surface area contributed by atoms with Gasteiger partial charge in [0.25, 0.3) is 5.60 Å². The largest absolute Gasteiger partial charge is 0.467 e. The average Bonchev–Trinajstić information content (AvgIpc) is 2.54. The van der Waals surface area contributed by atoms with E-state index in [0.717, 1.165) is 0 Å². The van der Waals surface area contributed by atoms with Gasteiger partial charge in [0.05, 0.1) is 12.2 Å². The lowest BCUT2D eigenvalue weighted by atomic mass is 9.98. The molecular weight excluding hydrogens is 208 g/mol. The number of carbonyl (C=O) groups is 2. The Balaban J connectivity index is 2.37. The van der Waals surface area contributed by atoms with Gasteiger partial charge in [0.15, 0.2) is 0 Å². The van der Waals surface area contributed by atoms with Crippen molar-refractivity contribution < 1.29 is 19.1 Å². The van der Waals surface area contributed by atoms with Gasteiger partial charge in [-0.2, -0.15) is 0 Å². The summed E-state index contributed by atoms with van der Waals surface area (Å²) >= 11 is 0. The van der Waals surface area contributed by atoms with Gasteiger partial charge in [0, 0.05) is 0 Å². The van der Waals surface area contributed by atoms with Gasteiger partial charge in [0.1, 0.15) is 5.75 Å². The predicted molar refractivity (Wildman–Crippen MR) is 56.4 cm³/mol. The van der Waals surface area contributed by atoms with Crippen LogP contribution in [0.3, 0.4) is 0 Å². The second kappa shape index (κ2) is 3.63. The second-order valence-electron chi connectivity index (χ2n) is 3.68. The summed E-state index contributed by atoms with van der Waals surface area (Å²) in [5.74, 6) is -0.555. The summed E-state index contributed by atoms with van der Waals surface area (Å²) in [6.45, 7) is 3.35. The molecule has 16 heavy (non-hydrogen) atoms. The molecule has 1 unspecified atom stereocenters. The smallest absolute Gasteiger partial charge is 0.358 e. The van der Waals surface area contributed by atoms with Crippen LogP contribution in [-0.4, -0.2) is 24.0 Å². The van der Waals surface area contributed by atoms with Crippen molar-refractivity contribution in [2.24, 2.45) is 0 Å². The zero-order valence-electron chi connectivity index (χ0n) is 9.15. The van der Waals surface area contributed by atoms with Gasteiger partial charge in [-0.3, -0.25) is 4.79 Å². The van der Waals surface area contributed by atoms with Crippen LogP contribution in [-0.2, 0) is 9.53 Å². The lowest BCUT2D eigenvalue weighted by molar-refractivity contribution is -0.155. The molecule has 0 amide bonds. The third-order valence-electron chi connectivity index (χ3n) is 2.54. The third kappa shape index (κ3) is 1.38. The van der Waals surface area contributed by atoms with Crippen molar-refractivity contribution in [1.29, 1.82) is 0 Å². The van der Waals surface area contributed by atoms with Gasteiger partial charge < -0.3 is 9.47 Å². The number of rotatable bonds is 2. The Bertz CT molecular complexity index is 452. The molecular formula is C12H12O4. The molecule has 2 rings (SSSR count). The number of hydrogen-bond donors (Lipinski definition) is 0. The Kier molecular flexibility index (Phi) is 2.42. The predicted octanol–water partition coefficient (Wildman–Crippen LogP) is 1.58. The van der Waals surface area contributed by atoms with Crippen LogP contribution >= 0.6 is 0 Å². The SMILES string of the molecule is CCOC(=O)C1(C)Oc2ccccc2C1=O. The molecule has 1 aromatic rings. The summed E-state index contributed by atoms with van der Waals surface area (Å²) in [7, 11) is 0. The van der Waals surface area contributed by atoms with Crippen LogP contribution in [0.5, 0.6) is 5.75 Å². The maximum atomic E-state index is 12.0. The Labute approximate surface area is 93.2 Å². The lowest BCUT2D eigenvalue weighted by Crippen LogP contribution is -2.46. The molecule has 0 aromatic heterocycles. The van der Waals surface area contributed by atoms with Gasteiger partial charge in [-0.05, 0) is 26.0 Å². The highest BCUT2D eigenvalue weighted by Crippen LogP contribution is 2.35. The van der Waals surface area contributed by atoms with E-state index in [9.17, 15) is 9.59 Å². The van der Waals surface area contributed by atoms with Crippen LogP contribution in [0.25, 0.3) is 0 Å². The molecule has 0 bridgehead atoms. The quantitative estimate of drug-likeness (QED) is 0.561. The fourth-order valence-electron chi connectivity index (χ4n) is 1.67. The molecule has 4 heteroatoms. The van der Waals surface area contributed by atoms with E-state index < -0.39 is 11.6 Å². The van der Waals surface area contributed by atoms with Crippen molar-refractivity contribution in [3.05, 3.63) is 29.8 Å². The van der Waals surface area contributed by atoms with Crippen LogP contribution in [0.4, 0.5) is 0 Å². The van der Waals surface area contributed by atoms with Crippen LogP contribution in [0, 0.1) is 0 Å². The van der Waals surface area contributed by atoms with Crippen molar-refractivity contribution >= 4 is 11.8 Å². The molecule has 0 saturated carbocycles. The first-order valence-electron chi connectivity index (χ1n) is 5.09. The maximum Gasteiger partial charge on any atom is 0.358 e. The molecule has 0 N–H and O–H groups in total. The topological polar surface area (TPSA) is 52.6 Å². The van der Waals surface area contributed by atoms with Crippen LogP contribution in [0.1, 0.15) is 24.2 Å². The van der Waals surface area contributed by atoms with Gasteiger partial charge in [0.2, 0.25) is 5.78 Å². The normalized spacial score (nSPS) is 22.5. The van der Waals surface area contributed by atoms with E-state index >= 15 is 0 Å². The Morgan fingerprint density at radius 2 is 2.12 bits per heavy atom. The summed E-state index contributed by atoms with van der Waals surface area (Å²) in [5, 5.41) is 0. The van der Waals surface area contributed by atoms with Gasteiger partial charge in [-0.1, -0.05) is 12.1 Å². The Morgan fingerprint density at radius 3 is 2.75 bits per heavy atom. The number of benzene rings is 1. The molecule has 0 fully saturated rings. The summed E-state index contributed by atoms with van der Waals surface area (Å²) < 4.78 is 10.2. The molecule has 0 radical (unpaired) electrons. The third-order valence-corrected chi connectivity index (χ3v) is 2.54. The van der Waals surface area contributed by atoms with Gasteiger partial charge >= 0.3 is 5.97 Å². The molecule has 1 aliphatic rings. The van der Waals surface area contributed by atoms with E-state index in [0.29, 0.717) is 11.3 Å². The lowest BCUT2D eigenvalue weighted by Gasteiger charge is -2.19. The molecule has 1 atom stereocenters. The first kappa shape index (κ1) is 10.7. The van der Waals surface area contributed by atoms with Gasteiger partial charge in [-0.15, -0.1) is 0 Å². The Hall–Kier alpha value is -1.84. The summed E-state index contributed by atoms with van der Waals surface area (Å²) in [5.41, 5.74) is -1.10. The highest BCUT2D eigenvalue weighted by Gasteiger charge is 2.51. The Morgan fingerprint density at radius 1 is 1.44 bits per heavy atom. The summed E-state index contributed by atoms with van der Waals surface area (Å²) in [6, 6.07) is 6.79. The van der Waals surface area contributed by atoms with Crippen molar-refractivity contribution in [1.82, 2.24) is 0 Å². The van der Waals surface area contributed by atoms with E-state index in [1.807, 2.05) is 0 Å². The van der Waals surface area contributed by atoms with E-state index in [1.54, 1.807) is 31.2 Å². The van der Waals surface area contributed by atoms with Crippen LogP contribution in [0.15, 0.2) is 24.3 Å². The van der Waals surface area contributed by atoms with Gasteiger partial charge in [-0.25, -0.2) is 4.79 Å². The number of hydrogen-bond acceptors (Lipinski definition) is 4. The minimum atomic E-state index is -1.53. The number of ketones is 1. The van der Waals surface area contributed by atoms with E-state index in [-0.39, 0.29) is 12.4 Å². The van der Waals surface area contributed by atoms with E-state index in [4.69, 9.17) is 9.47 Å².